The minimum atomic E-state index is -0.158. The zero-order valence-electron chi connectivity index (χ0n) is 12.6. The minimum Gasteiger partial charge on any atom is -0.310 e. The zero-order valence-corrected chi connectivity index (χ0v) is 14.2. The first-order chi connectivity index (χ1) is 9.49. The standard InChI is InChI=1S/C17H25BrFN/c1-4-20-17(13-6-11(2)5-12(3)7-13)14-8-15(18)10-16(19)9-14/h8-13,17,20H,4-7H2,1-3H3. The molecule has 1 aliphatic carbocycles. The molecule has 2 rings (SSSR count). The van der Waals surface area contributed by atoms with Gasteiger partial charge in [0.1, 0.15) is 5.82 Å². The lowest BCUT2D eigenvalue weighted by Gasteiger charge is -2.37. The molecule has 1 aromatic carbocycles. The normalized spacial score (nSPS) is 28.4. The van der Waals surface area contributed by atoms with E-state index < -0.39 is 0 Å². The molecule has 3 heteroatoms. The second kappa shape index (κ2) is 7.04. The molecule has 1 aromatic rings. The highest BCUT2D eigenvalue weighted by Gasteiger charge is 2.30. The van der Waals surface area contributed by atoms with Gasteiger partial charge < -0.3 is 5.32 Å². The third-order valence-corrected chi connectivity index (χ3v) is 4.81. The Morgan fingerprint density at radius 2 is 1.85 bits per heavy atom. The Bertz CT molecular complexity index is 418. The molecular formula is C17H25BrFN. The van der Waals surface area contributed by atoms with Crippen LogP contribution in [0.15, 0.2) is 22.7 Å². The van der Waals surface area contributed by atoms with Crippen LogP contribution in [-0.2, 0) is 0 Å². The molecule has 1 nitrogen and oxygen atoms in total. The number of hydrogen-bond donors (Lipinski definition) is 1. The van der Waals surface area contributed by atoms with Crippen LogP contribution in [0, 0.1) is 23.6 Å². The van der Waals surface area contributed by atoms with Crippen molar-refractivity contribution in [1.82, 2.24) is 5.32 Å². The van der Waals surface area contributed by atoms with Crippen molar-refractivity contribution < 1.29 is 4.39 Å². The monoisotopic (exact) mass is 341 g/mol. The van der Waals surface area contributed by atoms with Gasteiger partial charge in [0.15, 0.2) is 0 Å². The van der Waals surface area contributed by atoms with Gasteiger partial charge in [0.25, 0.3) is 0 Å². The van der Waals surface area contributed by atoms with E-state index in [1.807, 2.05) is 0 Å². The van der Waals surface area contributed by atoms with E-state index in [1.54, 1.807) is 6.07 Å². The highest BCUT2D eigenvalue weighted by Crippen LogP contribution is 2.40. The molecule has 0 saturated heterocycles. The van der Waals surface area contributed by atoms with E-state index in [0.29, 0.717) is 5.92 Å². The molecule has 0 heterocycles. The molecule has 1 fully saturated rings. The Morgan fingerprint density at radius 3 is 2.40 bits per heavy atom. The summed E-state index contributed by atoms with van der Waals surface area (Å²) in [6.07, 6.45) is 3.79. The molecule has 0 aromatic heterocycles. The first kappa shape index (κ1) is 16.0. The summed E-state index contributed by atoms with van der Waals surface area (Å²) in [5.74, 6) is 1.97. The third-order valence-electron chi connectivity index (χ3n) is 4.35. The number of hydrogen-bond acceptors (Lipinski definition) is 1. The first-order valence-electron chi connectivity index (χ1n) is 7.69. The lowest BCUT2D eigenvalue weighted by atomic mass is 9.72. The molecule has 1 saturated carbocycles. The highest BCUT2D eigenvalue weighted by atomic mass is 79.9. The highest BCUT2D eigenvalue weighted by molar-refractivity contribution is 9.10. The van der Waals surface area contributed by atoms with Crippen molar-refractivity contribution in [2.24, 2.45) is 17.8 Å². The topological polar surface area (TPSA) is 12.0 Å². The number of rotatable bonds is 4. The van der Waals surface area contributed by atoms with Crippen LogP contribution >= 0.6 is 15.9 Å². The van der Waals surface area contributed by atoms with Crippen molar-refractivity contribution in [2.75, 3.05) is 6.54 Å². The number of benzene rings is 1. The lowest BCUT2D eigenvalue weighted by Crippen LogP contribution is -2.33. The molecule has 20 heavy (non-hydrogen) atoms. The van der Waals surface area contributed by atoms with Gasteiger partial charge in [0.2, 0.25) is 0 Å². The van der Waals surface area contributed by atoms with E-state index >= 15 is 0 Å². The Labute approximate surface area is 130 Å². The Balaban J connectivity index is 2.25. The van der Waals surface area contributed by atoms with E-state index in [2.05, 4.69) is 48.1 Å². The van der Waals surface area contributed by atoms with Gasteiger partial charge in [0.05, 0.1) is 0 Å². The van der Waals surface area contributed by atoms with E-state index in [9.17, 15) is 4.39 Å². The fourth-order valence-electron chi connectivity index (χ4n) is 3.81. The van der Waals surface area contributed by atoms with Crippen molar-refractivity contribution in [1.29, 1.82) is 0 Å². The summed E-state index contributed by atoms with van der Waals surface area (Å²) in [7, 11) is 0. The average Bonchev–Trinajstić information content (AvgIpc) is 2.33. The molecule has 1 aliphatic rings. The molecular weight excluding hydrogens is 317 g/mol. The predicted molar refractivity (Wildman–Crippen MR) is 86.2 cm³/mol. The fraction of sp³-hybridized carbons (Fsp3) is 0.647. The summed E-state index contributed by atoms with van der Waals surface area (Å²) in [4.78, 5) is 0. The van der Waals surface area contributed by atoms with Gasteiger partial charge in [-0.05, 0) is 67.3 Å². The maximum absolute atomic E-state index is 13.7. The smallest absolute Gasteiger partial charge is 0.124 e. The van der Waals surface area contributed by atoms with Gasteiger partial charge in [-0.25, -0.2) is 4.39 Å². The molecule has 1 N–H and O–H groups in total. The van der Waals surface area contributed by atoms with Gasteiger partial charge in [0, 0.05) is 10.5 Å². The molecule has 0 amide bonds. The van der Waals surface area contributed by atoms with Crippen LogP contribution in [0.1, 0.15) is 51.6 Å². The molecule has 3 atom stereocenters. The molecule has 0 radical (unpaired) electrons. The van der Waals surface area contributed by atoms with Crippen LogP contribution in [0.25, 0.3) is 0 Å². The Hall–Kier alpha value is -0.410. The van der Waals surface area contributed by atoms with Crippen LogP contribution in [0.2, 0.25) is 0 Å². The molecule has 0 spiro atoms. The number of nitrogens with one attached hydrogen (secondary N) is 1. The van der Waals surface area contributed by atoms with Crippen LogP contribution in [0.5, 0.6) is 0 Å². The lowest BCUT2D eigenvalue weighted by molar-refractivity contribution is 0.177. The fourth-order valence-corrected chi connectivity index (χ4v) is 4.30. The summed E-state index contributed by atoms with van der Waals surface area (Å²) in [6, 6.07) is 5.53. The third kappa shape index (κ3) is 4.05. The second-order valence-electron chi connectivity index (χ2n) is 6.42. The van der Waals surface area contributed by atoms with Crippen LogP contribution < -0.4 is 5.32 Å². The molecule has 0 bridgehead atoms. The maximum Gasteiger partial charge on any atom is 0.124 e. The first-order valence-corrected chi connectivity index (χ1v) is 8.48. The quantitative estimate of drug-likeness (QED) is 0.782. The van der Waals surface area contributed by atoms with Gasteiger partial charge in [-0.15, -0.1) is 0 Å². The van der Waals surface area contributed by atoms with Crippen molar-refractivity contribution in [2.45, 2.75) is 46.1 Å². The summed E-state index contributed by atoms with van der Waals surface area (Å²) in [5.41, 5.74) is 1.07. The van der Waals surface area contributed by atoms with Crippen molar-refractivity contribution in [3.63, 3.8) is 0 Å². The minimum absolute atomic E-state index is 0.158. The Morgan fingerprint density at radius 1 is 1.20 bits per heavy atom. The van der Waals surface area contributed by atoms with E-state index in [4.69, 9.17) is 0 Å². The van der Waals surface area contributed by atoms with Crippen LogP contribution in [-0.4, -0.2) is 6.54 Å². The van der Waals surface area contributed by atoms with Gasteiger partial charge in [-0.1, -0.05) is 36.7 Å². The molecule has 3 unspecified atom stereocenters. The van der Waals surface area contributed by atoms with E-state index in [-0.39, 0.29) is 11.9 Å². The van der Waals surface area contributed by atoms with Crippen molar-refractivity contribution in [3.8, 4) is 0 Å². The van der Waals surface area contributed by atoms with Gasteiger partial charge in [-0.2, -0.15) is 0 Å². The van der Waals surface area contributed by atoms with Crippen molar-refractivity contribution >= 4 is 15.9 Å². The summed E-state index contributed by atoms with van der Waals surface area (Å²) < 4.78 is 14.5. The Kier molecular flexibility index (Phi) is 5.62. The van der Waals surface area contributed by atoms with Gasteiger partial charge >= 0.3 is 0 Å². The SMILES string of the molecule is CCNC(c1cc(F)cc(Br)c1)C1CC(C)CC(C)C1. The predicted octanol–water partition coefficient (Wildman–Crippen LogP) is 5.31. The second-order valence-corrected chi connectivity index (χ2v) is 7.33. The van der Waals surface area contributed by atoms with Crippen molar-refractivity contribution in [3.05, 3.63) is 34.1 Å². The zero-order chi connectivity index (χ0) is 14.7. The van der Waals surface area contributed by atoms with Gasteiger partial charge in [-0.3, -0.25) is 0 Å². The summed E-state index contributed by atoms with van der Waals surface area (Å²) >= 11 is 3.41. The van der Waals surface area contributed by atoms with E-state index in [0.717, 1.165) is 28.4 Å². The largest absolute Gasteiger partial charge is 0.310 e. The number of halogens is 2. The molecule has 112 valence electrons. The average molecular weight is 342 g/mol. The molecule has 0 aliphatic heterocycles. The maximum atomic E-state index is 13.7. The van der Waals surface area contributed by atoms with E-state index in [1.165, 1.54) is 25.3 Å². The van der Waals surface area contributed by atoms with Crippen LogP contribution in [0.3, 0.4) is 0 Å². The van der Waals surface area contributed by atoms with Crippen LogP contribution in [0.4, 0.5) is 4.39 Å². The summed E-state index contributed by atoms with van der Waals surface area (Å²) in [5, 5.41) is 3.58. The summed E-state index contributed by atoms with van der Waals surface area (Å²) in [6.45, 7) is 7.72.